The lowest BCUT2D eigenvalue weighted by atomic mass is 9.86. The van der Waals surface area contributed by atoms with Gasteiger partial charge in [-0.3, -0.25) is 4.90 Å². The van der Waals surface area contributed by atoms with Gasteiger partial charge in [-0.1, -0.05) is 13.8 Å². The van der Waals surface area contributed by atoms with Crippen LogP contribution in [-0.2, 0) is 0 Å². The molecule has 2 fully saturated rings. The van der Waals surface area contributed by atoms with Crippen LogP contribution >= 0.6 is 0 Å². The molecule has 0 aromatic heterocycles. The topological polar surface area (TPSA) is 29.3 Å². The van der Waals surface area contributed by atoms with Crippen molar-refractivity contribution in [3.05, 3.63) is 0 Å². The Labute approximate surface area is 94.2 Å². The number of hydrogen-bond acceptors (Lipinski definition) is 2. The van der Waals surface area contributed by atoms with Gasteiger partial charge in [0.05, 0.1) is 0 Å². The highest BCUT2D eigenvalue weighted by Crippen LogP contribution is 2.48. The maximum absolute atomic E-state index is 6.09. The molecule has 0 spiro atoms. The molecule has 2 N–H and O–H groups in total. The predicted octanol–water partition coefficient (Wildman–Crippen LogP) is 2.38. The highest BCUT2D eigenvalue weighted by Gasteiger charge is 2.48. The van der Waals surface area contributed by atoms with E-state index in [0.717, 1.165) is 12.6 Å². The lowest BCUT2D eigenvalue weighted by Crippen LogP contribution is -2.53. The van der Waals surface area contributed by atoms with E-state index in [9.17, 15) is 0 Å². The van der Waals surface area contributed by atoms with E-state index < -0.39 is 0 Å². The van der Waals surface area contributed by atoms with Gasteiger partial charge in [0.1, 0.15) is 0 Å². The fourth-order valence-corrected chi connectivity index (χ4v) is 3.81. The molecule has 0 bridgehead atoms. The lowest BCUT2D eigenvalue weighted by Gasteiger charge is -2.42. The summed E-state index contributed by atoms with van der Waals surface area (Å²) in [5.74, 6) is 0. The Hall–Kier alpha value is -0.0800. The van der Waals surface area contributed by atoms with Gasteiger partial charge in [0.15, 0.2) is 0 Å². The van der Waals surface area contributed by atoms with E-state index in [1.165, 1.54) is 38.6 Å². The van der Waals surface area contributed by atoms with Crippen LogP contribution in [0.15, 0.2) is 0 Å². The minimum atomic E-state index is 0.333. The third-order valence-corrected chi connectivity index (χ3v) is 4.62. The smallest absolute Gasteiger partial charge is 0.0339 e. The summed E-state index contributed by atoms with van der Waals surface area (Å²) in [6.45, 7) is 9.28. The van der Waals surface area contributed by atoms with E-state index in [1.54, 1.807) is 0 Å². The molecule has 1 aliphatic carbocycles. The van der Waals surface area contributed by atoms with Gasteiger partial charge in [-0.25, -0.2) is 0 Å². The Morgan fingerprint density at radius 1 is 1.33 bits per heavy atom. The molecule has 2 aliphatic rings. The lowest BCUT2D eigenvalue weighted by molar-refractivity contribution is 0.0825. The van der Waals surface area contributed by atoms with Crippen LogP contribution in [0.25, 0.3) is 0 Å². The number of hydrogen-bond donors (Lipinski definition) is 1. The van der Waals surface area contributed by atoms with Crippen molar-refractivity contribution in [1.82, 2.24) is 4.90 Å². The molecular weight excluding hydrogens is 184 g/mol. The monoisotopic (exact) mass is 210 g/mol. The van der Waals surface area contributed by atoms with Gasteiger partial charge in [0, 0.05) is 18.1 Å². The van der Waals surface area contributed by atoms with Crippen LogP contribution in [0, 0.1) is 5.41 Å². The standard InChI is InChI=1S/C13H26N2/c1-11-5-4-8-15(11)13(10-14)7-6-12(2,3)9-13/h11H,4-10,14H2,1-3H3. The van der Waals surface area contributed by atoms with Crippen molar-refractivity contribution < 1.29 is 0 Å². The molecule has 1 saturated carbocycles. The summed E-state index contributed by atoms with van der Waals surface area (Å²) in [7, 11) is 0. The molecule has 2 rings (SSSR count). The summed E-state index contributed by atoms with van der Waals surface area (Å²) >= 11 is 0. The third kappa shape index (κ3) is 1.94. The van der Waals surface area contributed by atoms with Gasteiger partial charge >= 0.3 is 0 Å². The van der Waals surface area contributed by atoms with Crippen molar-refractivity contribution in [2.75, 3.05) is 13.1 Å². The van der Waals surface area contributed by atoms with Crippen LogP contribution in [0.5, 0.6) is 0 Å². The quantitative estimate of drug-likeness (QED) is 0.758. The van der Waals surface area contributed by atoms with Crippen molar-refractivity contribution in [1.29, 1.82) is 0 Å². The maximum Gasteiger partial charge on any atom is 0.0339 e. The molecule has 0 aromatic carbocycles. The summed E-state index contributed by atoms with van der Waals surface area (Å²) < 4.78 is 0. The van der Waals surface area contributed by atoms with Crippen molar-refractivity contribution in [2.45, 2.75) is 64.5 Å². The first kappa shape index (κ1) is 11.4. The van der Waals surface area contributed by atoms with Crippen molar-refractivity contribution >= 4 is 0 Å². The van der Waals surface area contributed by atoms with Crippen LogP contribution in [0.2, 0.25) is 0 Å². The van der Waals surface area contributed by atoms with Crippen LogP contribution in [0.3, 0.4) is 0 Å². The summed E-state index contributed by atoms with van der Waals surface area (Å²) in [6.07, 6.45) is 6.67. The van der Waals surface area contributed by atoms with Crippen molar-refractivity contribution in [3.63, 3.8) is 0 Å². The molecule has 0 aromatic rings. The average Bonchev–Trinajstić information content (AvgIpc) is 2.71. The van der Waals surface area contributed by atoms with Crippen LogP contribution in [-0.4, -0.2) is 29.6 Å². The molecule has 0 radical (unpaired) electrons. The Morgan fingerprint density at radius 3 is 2.47 bits per heavy atom. The van der Waals surface area contributed by atoms with E-state index >= 15 is 0 Å². The highest BCUT2D eigenvalue weighted by atomic mass is 15.3. The molecule has 2 atom stereocenters. The second-order valence-corrected chi connectivity index (χ2v) is 6.45. The van der Waals surface area contributed by atoms with Crippen LogP contribution in [0.1, 0.15) is 52.9 Å². The number of rotatable bonds is 2. The first-order chi connectivity index (χ1) is 6.99. The zero-order chi connectivity index (χ0) is 11.1. The number of nitrogens with two attached hydrogens (primary N) is 1. The normalized spacial score (nSPS) is 41.2. The fraction of sp³-hybridized carbons (Fsp3) is 1.00. The van der Waals surface area contributed by atoms with E-state index in [1.807, 2.05) is 0 Å². The molecule has 88 valence electrons. The molecule has 1 heterocycles. The summed E-state index contributed by atoms with van der Waals surface area (Å²) in [5.41, 5.74) is 6.92. The van der Waals surface area contributed by atoms with E-state index in [0.29, 0.717) is 11.0 Å². The summed E-state index contributed by atoms with van der Waals surface area (Å²) in [5, 5.41) is 0. The SMILES string of the molecule is CC1CCCN1C1(CN)CCC(C)(C)C1. The van der Waals surface area contributed by atoms with E-state index in [-0.39, 0.29) is 0 Å². The van der Waals surface area contributed by atoms with Gasteiger partial charge in [-0.2, -0.15) is 0 Å². The van der Waals surface area contributed by atoms with Crippen LogP contribution in [0.4, 0.5) is 0 Å². The van der Waals surface area contributed by atoms with E-state index in [2.05, 4.69) is 25.7 Å². The molecule has 2 nitrogen and oxygen atoms in total. The number of likely N-dealkylation sites (tertiary alicyclic amines) is 1. The summed E-state index contributed by atoms with van der Waals surface area (Å²) in [4.78, 5) is 2.71. The Bertz CT molecular complexity index is 237. The Balaban J connectivity index is 2.16. The van der Waals surface area contributed by atoms with Gasteiger partial charge < -0.3 is 5.73 Å². The minimum absolute atomic E-state index is 0.333. The highest BCUT2D eigenvalue weighted by molar-refractivity contribution is 5.04. The zero-order valence-corrected chi connectivity index (χ0v) is 10.6. The first-order valence-corrected chi connectivity index (χ1v) is 6.46. The van der Waals surface area contributed by atoms with Crippen LogP contribution < -0.4 is 5.73 Å². The second-order valence-electron chi connectivity index (χ2n) is 6.45. The van der Waals surface area contributed by atoms with Gasteiger partial charge in [-0.05, 0) is 51.0 Å². The molecule has 1 saturated heterocycles. The molecule has 2 heteroatoms. The maximum atomic E-state index is 6.09. The zero-order valence-electron chi connectivity index (χ0n) is 10.6. The predicted molar refractivity (Wildman–Crippen MR) is 64.8 cm³/mol. The van der Waals surface area contributed by atoms with Gasteiger partial charge in [0.2, 0.25) is 0 Å². The van der Waals surface area contributed by atoms with Crippen molar-refractivity contribution in [2.24, 2.45) is 11.1 Å². The Kier molecular flexibility index (Phi) is 2.85. The first-order valence-electron chi connectivity index (χ1n) is 6.46. The van der Waals surface area contributed by atoms with Gasteiger partial charge in [0.25, 0.3) is 0 Å². The number of nitrogens with zero attached hydrogens (tertiary/aromatic N) is 1. The average molecular weight is 210 g/mol. The molecule has 2 unspecified atom stereocenters. The van der Waals surface area contributed by atoms with Gasteiger partial charge in [-0.15, -0.1) is 0 Å². The molecule has 0 amide bonds. The molecular formula is C13H26N2. The second kappa shape index (κ2) is 3.74. The third-order valence-electron chi connectivity index (χ3n) is 4.62. The van der Waals surface area contributed by atoms with E-state index in [4.69, 9.17) is 5.73 Å². The minimum Gasteiger partial charge on any atom is -0.329 e. The fourth-order valence-electron chi connectivity index (χ4n) is 3.81. The largest absolute Gasteiger partial charge is 0.329 e. The summed E-state index contributed by atoms with van der Waals surface area (Å²) in [6, 6.07) is 0.752. The Morgan fingerprint density at radius 2 is 2.07 bits per heavy atom. The molecule has 1 aliphatic heterocycles. The van der Waals surface area contributed by atoms with Crippen molar-refractivity contribution in [3.8, 4) is 0 Å². The molecule has 15 heavy (non-hydrogen) atoms.